The van der Waals surface area contributed by atoms with Gasteiger partial charge in [0, 0.05) is 17.9 Å². The van der Waals surface area contributed by atoms with E-state index in [1.807, 2.05) is 0 Å². The van der Waals surface area contributed by atoms with E-state index in [0.717, 1.165) is 0 Å². The quantitative estimate of drug-likeness (QED) is 0.422. The molecule has 1 aliphatic heterocycles. The van der Waals surface area contributed by atoms with E-state index in [1.165, 1.54) is 37.6 Å². The number of hydrogen-bond acceptors (Lipinski definition) is 9. The van der Waals surface area contributed by atoms with Crippen molar-refractivity contribution < 1.29 is 32.9 Å². The lowest BCUT2D eigenvalue weighted by atomic mass is 10.1. The van der Waals surface area contributed by atoms with Crippen molar-refractivity contribution in [2.75, 3.05) is 26.1 Å². The summed E-state index contributed by atoms with van der Waals surface area (Å²) in [4.78, 5) is 35.1. The van der Waals surface area contributed by atoms with Gasteiger partial charge in [0.05, 0.1) is 37.0 Å². The van der Waals surface area contributed by atoms with Gasteiger partial charge in [-0.1, -0.05) is 17.7 Å². The summed E-state index contributed by atoms with van der Waals surface area (Å²) >= 11 is 5.92. The maximum absolute atomic E-state index is 14.5. The molecule has 0 radical (unpaired) electrons. The molecule has 1 saturated heterocycles. The molecule has 4 rings (SSSR count). The molecule has 2 atom stereocenters. The van der Waals surface area contributed by atoms with Crippen molar-refractivity contribution in [1.29, 1.82) is 0 Å². The van der Waals surface area contributed by atoms with Gasteiger partial charge in [0.1, 0.15) is 29.9 Å². The van der Waals surface area contributed by atoms with E-state index in [4.69, 9.17) is 30.5 Å². The Kier molecular flexibility index (Phi) is 7.77. The van der Waals surface area contributed by atoms with E-state index in [1.54, 1.807) is 39.0 Å². The fraction of sp³-hybridized carbons (Fsp3) is 0.385. The molecule has 1 aromatic heterocycles. The van der Waals surface area contributed by atoms with Crippen LogP contribution in [0.1, 0.15) is 27.2 Å². The van der Waals surface area contributed by atoms with Crippen molar-refractivity contribution in [2.24, 2.45) is 0 Å². The molecule has 0 aliphatic carbocycles. The van der Waals surface area contributed by atoms with Crippen LogP contribution in [0.25, 0.3) is 10.9 Å². The number of benzene rings is 2. The summed E-state index contributed by atoms with van der Waals surface area (Å²) in [6.45, 7) is 5.31. The maximum Gasteiger partial charge on any atom is 0.411 e. The zero-order valence-electron chi connectivity index (χ0n) is 21.6. The first-order valence-corrected chi connectivity index (χ1v) is 12.2. The lowest BCUT2D eigenvalue weighted by Gasteiger charge is -2.27. The molecule has 38 heavy (non-hydrogen) atoms. The van der Waals surface area contributed by atoms with Gasteiger partial charge in [0.2, 0.25) is 0 Å². The van der Waals surface area contributed by atoms with Crippen LogP contribution in [-0.4, -0.2) is 65.4 Å². The number of fused-ring (bicyclic) bond motifs is 1. The van der Waals surface area contributed by atoms with E-state index >= 15 is 0 Å². The molecule has 1 unspecified atom stereocenters. The van der Waals surface area contributed by atoms with Gasteiger partial charge >= 0.3 is 12.1 Å². The molecule has 10 nitrogen and oxygen atoms in total. The van der Waals surface area contributed by atoms with Gasteiger partial charge in [-0.25, -0.2) is 23.9 Å². The molecule has 1 amide bonds. The average Bonchev–Trinajstić information content (AvgIpc) is 3.29. The van der Waals surface area contributed by atoms with Crippen molar-refractivity contribution in [2.45, 2.75) is 44.9 Å². The van der Waals surface area contributed by atoms with Crippen LogP contribution in [0.5, 0.6) is 11.5 Å². The lowest BCUT2D eigenvalue weighted by Crippen LogP contribution is -2.44. The molecule has 1 aliphatic rings. The molecule has 2 aromatic carbocycles. The highest BCUT2D eigenvalue weighted by atomic mass is 35.5. The van der Waals surface area contributed by atoms with Gasteiger partial charge in [0.15, 0.2) is 17.3 Å². The minimum atomic E-state index is -0.877. The van der Waals surface area contributed by atoms with Gasteiger partial charge in [0.25, 0.3) is 0 Å². The molecule has 0 bridgehead atoms. The predicted molar refractivity (Wildman–Crippen MR) is 139 cm³/mol. The van der Waals surface area contributed by atoms with Gasteiger partial charge in [-0.05, 0) is 39.0 Å². The van der Waals surface area contributed by atoms with Crippen molar-refractivity contribution in [3.63, 3.8) is 0 Å². The first-order valence-electron chi connectivity index (χ1n) is 11.8. The van der Waals surface area contributed by atoms with Gasteiger partial charge in [-0.3, -0.25) is 4.90 Å². The number of likely N-dealkylation sites (tertiary alicyclic amines) is 1. The maximum atomic E-state index is 14.5. The van der Waals surface area contributed by atoms with Gasteiger partial charge in [-0.2, -0.15) is 0 Å². The monoisotopic (exact) mass is 546 g/mol. The number of nitrogens with zero attached hydrogens (tertiary/aromatic N) is 3. The fourth-order valence-corrected chi connectivity index (χ4v) is 4.26. The third-order valence-corrected chi connectivity index (χ3v) is 6.07. The van der Waals surface area contributed by atoms with Crippen LogP contribution in [-0.2, 0) is 14.3 Å². The Morgan fingerprint density at radius 3 is 2.61 bits per heavy atom. The highest BCUT2D eigenvalue weighted by Gasteiger charge is 2.43. The molecule has 1 N–H and O–H groups in total. The van der Waals surface area contributed by atoms with E-state index in [-0.39, 0.29) is 23.7 Å². The number of halogens is 2. The Labute approximate surface area is 224 Å². The Morgan fingerprint density at radius 2 is 1.92 bits per heavy atom. The summed E-state index contributed by atoms with van der Waals surface area (Å²) in [6.07, 6.45) is 0.290. The van der Waals surface area contributed by atoms with Crippen LogP contribution >= 0.6 is 11.6 Å². The number of anilines is 2. The van der Waals surface area contributed by atoms with Crippen molar-refractivity contribution in [3.8, 4) is 11.5 Å². The normalized spacial score (nSPS) is 17.3. The molecule has 12 heteroatoms. The molecule has 3 aromatic rings. The average molecular weight is 547 g/mol. The van der Waals surface area contributed by atoms with E-state index in [9.17, 15) is 14.0 Å². The summed E-state index contributed by atoms with van der Waals surface area (Å²) in [7, 11) is 2.74. The zero-order chi connectivity index (χ0) is 27.6. The summed E-state index contributed by atoms with van der Waals surface area (Å²) in [6, 6.07) is 7.03. The largest absolute Gasteiger partial charge is 0.493 e. The summed E-state index contributed by atoms with van der Waals surface area (Å²) < 4.78 is 36.6. The molecule has 0 saturated carbocycles. The number of methoxy groups -OCH3 is 2. The molecule has 202 valence electrons. The van der Waals surface area contributed by atoms with Crippen LogP contribution in [0.2, 0.25) is 5.02 Å². The number of esters is 1. The number of carbonyl (C=O) groups excluding carboxylic acids is 2. The fourth-order valence-electron chi connectivity index (χ4n) is 4.09. The number of nitrogens with one attached hydrogen (secondary N) is 1. The summed E-state index contributed by atoms with van der Waals surface area (Å²) in [5.41, 5.74) is -0.0895. The number of rotatable bonds is 6. The Bertz CT molecular complexity index is 1370. The van der Waals surface area contributed by atoms with E-state index < -0.39 is 35.6 Å². The topological polar surface area (TPSA) is 112 Å². The predicted octanol–water partition coefficient (Wildman–Crippen LogP) is 5.10. The third-order valence-electron chi connectivity index (χ3n) is 5.78. The SMILES string of the molecule is COC(=O)[C@@H]1CC(Oc2cc3c(Nc4cccc(Cl)c4F)ncnc3cc2OC)CN1C(=O)OC(C)(C)C. The molecule has 1 fully saturated rings. The van der Waals surface area contributed by atoms with Crippen LogP contribution < -0.4 is 14.8 Å². The first-order chi connectivity index (χ1) is 18.0. The molecule has 0 spiro atoms. The minimum Gasteiger partial charge on any atom is -0.493 e. The number of carbonyl (C=O) groups is 2. The highest BCUT2D eigenvalue weighted by molar-refractivity contribution is 6.31. The lowest BCUT2D eigenvalue weighted by molar-refractivity contribution is -0.145. The highest BCUT2D eigenvalue weighted by Crippen LogP contribution is 2.37. The second-order valence-corrected chi connectivity index (χ2v) is 10.0. The first kappa shape index (κ1) is 27.2. The summed E-state index contributed by atoms with van der Waals surface area (Å²) in [5.74, 6) is -0.174. The molecular weight excluding hydrogens is 519 g/mol. The second-order valence-electron chi connectivity index (χ2n) is 9.62. The van der Waals surface area contributed by atoms with Gasteiger partial charge in [-0.15, -0.1) is 0 Å². The molecular formula is C26H28ClFN4O6. The third kappa shape index (κ3) is 5.83. The second kappa shape index (κ2) is 10.9. The van der Waals surface area contributed by atoms with Crippen LogP contribution in [0, 0.1) is 5.82 Å². The van der Waals surface area contributed by atoms with Crippen LogP contribution in [0.3, 0.4) is 0 Å². The number of ether oxygens (including phenoxy) is 4. The zero-order valence-corrected chi connectivity index (χ0v) is 22.3. The van der Waals surface area contributed by atoms with Crippen LogP contribution in [0.15, 0.2) is 36.7 Å². The van der Waals surface area contributed by atoms with Crippen molar-refractivity contribution in [1.82, 2.24) is 14.9 Å². The van der Waals surface area contributed by atoms with Crippen molar-refractivity contribution in [3.05, 3.63) is 47.5 Å². The van der Waals surface area contributed by atoms with E-state index in [2.05, 4.69) is 15.3 Å². The van der Waals surface area contributed by atoms with Gasteiger partial charge < -0.3 is 24.3 Å². The minimum absolute atomic E-state index is 0.0324. The van der Waals surface area contributed by atoms with Crippen molar-refractivity contribution >= 4 is 46.1 Å². The smallest absolute Gasteiger partial charge is 0.411 e. The van der Waals surface area contributed by atoms with Crippen LogP contribution in [0.4, 0.5) is 20.7 Å². The van der Waals surface area contributed by atoms with E-state index in [0.29, 0.717) is 28.2 Å². The number of aromatic nitrogens is 2. The Hall–Kier alpha value is -3.86. The standard InChI is InChI=1S/C26H28ClFN4O6/c1-26(2,3)38-25(34)32-12-14(9-19(32)24(33)36-5)37-21-10-15-18(11-20(21)35-4)29-13-30-23(15)31-17-8-6-7-16(27)22(17)28/h6-8,10-11,13-14,19H,9,12H2,1-5H3,(H,29,30,31)/t14?,19-/m0/s1. The number of hydrogen-bond donors (Lipinski definition) is 1. The number of amides is 1. The summed E-state index contributed by atoms with van der Waals surface area (Å²) in [5, 5.41) is 3.44. The Morgan fingerprint density at radius 1 is 1.16 bits per heavy atom. The molecule has 2 heterocycles. The Balaban J connectivity index is 1.65.